The van der Waals surface area contributed by atoms with Crippen molar-refractivity contribution in [2.75, 3.05) is 6.54 Å². The van der Waals surface area contributed by atoms with Gasteiger partial charge in [0.1, 0.15) is 0 Å². The molecule has 0 heterocycles. The van der Waals surface area contributed by atoms with Crippen LogP contribution in [0.4, 0.5) is 0 Å². The summed E-state index contributed by atoms with van der Waals surface area (Å²) < 4.78 is 22.9. The highest BCUT2D eigenvalue weighted by molar-refractivity contribution is 9.10. The molecule has 0 unspecified atom stereocenters. The van der Waals surface area contributed by atoms with Crippen LogP contribution in [0.2, 0.25) is 0 Å². The van der Waals surface area contributed by atoms with Gasteiger partial charge in [-0.25, -0.2) is 8.42 Å². The lowest BCUT2D eigenvalue weighted by Gasteiger charge is -2.09. The van der Waals surface area contributed by atoms with Crippen LogP contribution in [0.3, 0.4) is 0 Å². The Morgan fingerprint density at radius 1 is 1.44 bits per heavy atom. The summed E-state index contributed by atoms with van der Waals surface area (Å²) in [5.74, 6) is -0.0228. The molecule has 0 saturated heterocycles. The number of rotatable bonds is 4. The monoisotopic (exact) mass is 353 g/mol. The Labute approximate surface area is 119 Å². The molecule has 1 aromatic rings. The van der Waals surface area contributed by atoms with Gasteiger partial charge in [-0.2, -0.15) is 0 Å². The molecule has 1 rings (SSSR count). The lowest BCUT2D eigenvalue weighted by molar-refractivity contribution is 0.0948. The van der Waals surface area contributed by atoms with Crippen molar-refractivity contribution in [1.29, 1.82) is 0 Å². The van der Waals surface area contributed by atoms with Gasteiger partial charge in [0, 0.05) is 21.7 Å². The van der Waals surface area contributed by atoms with Crippen LogP contribution in [-0.2, 0) is 9.05 Å². The van der Waals surface area contributed by atoms with Crippen LogP contribution in [0.15, 0.2) is 27.6 Å². The van der Waals surface area contributed by atoms with Crippen molar-refractivity contribution >= 4 is 41.6 Å². The van der Waals surface area contributed by atoms with E-state index >= 15 is 0 Å². The van der Waals surface area contributed by atoms with Gasteiger partial charge in [0.25, 0.3) is 15.0 Å². The molecule has 1 amide bonds. The third-order valence-electron chi connectivity index (χ3n) is 2.13. The average Bonchev–Trinajstić information content (AvgIpc) is 2.24. The molecule has 0 aliphatic rings. The van der Waals surface area contributed by atoms with Crippen LogP contribution < -0.4 is 5.32 Å². The zero-order valence-corrected chi connectivity index (χ0v) is 13.1. The summed E-state index contributed by atoms with van der Waals surface area (Å²) in [6.07, 6.45) is 0. The third kappa shape index (κ3) is 4.26. The Morgan fingerprint density at radius 3 is 2.56 bits per heavy atom. The van der Waals surface area contributed by atoms with E-state index in [2.05, 4.69) is 21.2 Å². The Morgan fingerprint density at radius 2 is 2.06 bits per heavy atom. The van der Waals surface area contributed by atoms with Crippen LogP contribution in [0.5, 0.6) is 0 Å². The van der Waals surface area contributed by atoms with E-state index < -0.39 is 9.05 Å². The van der Waals surface area contributed by atoms with Crippen LogP contribution in [0.1, 0.15) is 24.2 Å². The van der Waals surface area contributed by atoms with Gasteiger partial charge >= 0.3 is 0 Å². The molecule has 0 bridgehead atoms. The maximum Gasteiger partial charge on any atom is 0.261 e. The molecular weight excluding hydrogens is 342 g/mol. The first-order valence-electron chi connectivity index (χ1n) is 5.24. The summed E-state index contributed by atoms with van der Waals surface area (Å²) in [4.78, 5) is 11.8. The average molecular weight is 355 g/mol. The maximum absolute atomic E-state index is 11.9. The molecule has 0 aliphatic heterocycles. The minimum absolute atomic E-state index is 0.0953. The van der Waals surface area contributed by atoms with Gasteiger partial charge in [-0.3, -0.25) is 4.79 Å². The van der Waals surface area contributed by atoms with Crippen molar-refractivity contribution in [3.05, 3.63) is 28.2 Å². The lowest BCUT2D eigenvalue weighted by Crippen LogP contribution is -2.27. The number of nitrogens with one attached hydrogen (secondary N) is 1. The molecule has 0 atom stereocenters. The van der Waals surface area contributed by atoms with Crippen LogP contribution in [-0.4, -0.2) is 20.9 Å². The van der Waals surface area contributed by atoms with Crippen molar-refractivity contribution in [2.45, 2.75) is 18.7 Å². The molecule has 1 aromatic carbocycles. The topological polar surface area (TPSA) is 63.2 Å². The SMILES string of the molecule is CC(C)CNC(=O)c1cc(S(=O)(=O)Cl)ccc1Br. The Kier molecular flexibility index (Phi) is 5.19. The number of carbonyl (C=O) groups excluding carboxylic acids is 1. The summed E-state index contributed by atoms with van der Waals surface area (Å²) in [7, 11) is 1.40. The second kappa shape index (κ2) is 6.04. The van der Waals surface area contributed by atoms with Crippen LogP contribution >= 0.6 is 26.6 Å². The largest absolute Gasteiger partial charge is 0.352 e. The van der Waals surface area contributed by atoms with E-state index in [9.17, 15) is 13.2 Å². The summed E-state index contributed by atoms with van der Waals surface area (Å²) >= 11 is 3.21. The van der Waals surface area contributed by atoms with E-state index in [1.807, 2.05) is 13.8 Å². The molecule has 4 nitrogen and oxygen atoms in total. The van der Waals surface area contributed by atoms with E-state index in [-0.39, 0.29) is 16.4 Å². The lowest BCUT2D eigenvalue weighted by atomic mass is 10.2. The van der Waals surface area contributed by atoms with Crippen molar-refractivity contribution in [3.8, 4) is 0 Å². The smallest absolute Gasteiger partial charge is 0.261 e. The van der Waals surface area contributed by atoms with Crippen LogP contribution in [0.25, 0.3) is 0 Å². The number of hydrogen-bond acceptors (Lipinski definition) is 3. The van der Waals surface area contributed by atoms with Gasteiger partial charge in [-0.1, -0.05) is 13.8 Å². The molecule has 0 radical (unpaired) electrons. The zero-order chi connectivity index (χ0) is 13.9. The molecule has 0 aromatic heterocycles. The van der Waals surface area contributed by atoms with Gasteiger partial charge in [0.05, 0.1) is 10.5 Å². The van der Waals surface area contributed by atoms with Crippen LogP contribution in [0, 0.1) is 5.92 Å². The normalized spacial score (nSPS) is 11.6. The fourth-order valence-corrected chi connectivity index (χ4v) is 2.43. The molecule has 0 spiro atoms. The Bertz CT molecular complexity index is 557. The molecule has 7 heteroatoms. The first-order valence-corrected chi connectivity index (χ1v) is 8.34. The summed E-state index contributed by atoms with van der Waals surface area (Å²) in [5.41, 5.74) is 0.248. The predicted octanol–water partition coefficient (Wildman–Crippen LogP) is 2.76. The number of benzene rings is 1. The van der Waals surface area contributed by atoms with Gasteiger partial charge in [0.15, 0.2) is 0 Å². The molecule has 0 aliphatic carbocycles. The van der Waals surface area contributed by atoms with E-state index in [1.54, 1.807) is 0 Å². The molecule has 1 N–H and O–H groups in total. The van der Waals surface area contributed by atoms with E-state index in [0.717, 1.165) is 0 Å². The molecule has 18 heavy (non-hydrogen) atoms. The maximum atomic E-state index is 11.9. The standard InChI is InChI=1S/C11H13BrClNO3S/c1-7(2)6-14-11(15)9-5-8(18(13,16)17)3-4-10(9)12/h3-5,7H,6H2,1-2H3,(H,14,15). The van der Waals surface area contributed by atoms with Gasteiger partial charge in [-0.15, -0.1) is 0 Å². The highest BCUT2D eigenvalue weighted by Gasteiger charge is 2.16. The first kappa shape index (κ1) is 15.5. The Hall–Kier alpha value is -0.590. The molecular formula is C11H13BrClNO3S. The van der Waals surface area contributed by atoms with E-state index in [0.29, 0.717) is 16.9 Å². The second-order valence-corrected chi connectivity index (χ2v) is 7.60. The highest BCUT2D eigenvalue weighted by atomic mass is 79.9. The van der Waals surface area contributed by atoms with Crippen molar-refractivity contribution < 1.29 is 13.2 Å². The van der Waals surface area contributed by atoms with Gasteiger partial charge < -0.3 is 5.32 Å². The summed E-state index contributed by atoms with van der Waals surface area (Å²) in [5, 5.41) is 2.71. The molecule has 0 fully saturated rings. The number of halogens is 2. The van der Waals surface area contributed by atoms with Crippen molar-refractivity contribution in [1.82, 2.24) is 5.32 Å². The van der Waals surface area contributed by atoms with E-state index in [1.165, 1.54) is 18.2 Å². The number of carbonyl (C=O) groups is 1. The third-order valence-corrected chi connectivity index (χ3v) is 4.18. The minimum atomic E-state index is -3.84. The van der Waals surface area contributed by atoms with Crippen molar-refractivity contribution in [3.63, 3.8) is 0 Å². The number of amides is 1. The van der Waals surface area contributed by atoms with Gasteiger partial charge in [0.2, 0.25) is 0 Å². The van der Waals surface area contributed by atoms with E-state index in [4.69, 9.17) is 10.7 Å². The minimum Gasteiger partial charge on any atom is -0.352 e. The number of hydrogen-bond donors (Lipinski definition) is 1. The summed E-state index contributed by atoms with van der Waals surface area (Å²) in [6.45, 7) is 4.45. The molecule has 100 valence electrons. The summed E-state index contributed by atoms with van der Waals surface area (Å²) in [6, 6.07) is 4.08. The fraction of sp³-hybridized carbons (Fsp3) is 0.364. The fourth-order valence-electron chi connectivity index (χ4n) is 1.22. The quantitative estimate of drug-likeness (QED) is 0.846. The second-order valence-electron chi connectivity index (χ2n) is 4.18. The Balaban J connectivity index is 3.05. The molecule has 0 saturated carbocycles. The van der Waals surface area contributed by atoms with Crippen molar-refractivity contribution in [2.24, 2.45) is 5.92 Å². The predicted molar refractivity (Wildman–Crippen MR) is 74.4 cm³/mol. The first-order chi connectivity index (χ1) is 8.21. The van der Waals surface area contributed by atoms with Gasteiger partial charge in [-0.05, 0) is 40.0 Å². The zero-order valence-electron chi connectivity index (χ0n) is 9.91. The highest BCUT2D eigenvalue weighted by Crippen LogP contribution is 2.23.